The summed E-state index contributed by atoms with van der Waals surface area (Å²) in [4.78, 5) is 11.0. The molecular formula is C11H18BO2. The van der Waals surface area contributed by atoms with Gasteiger partial charge in [0, 0.05) is 18.4 Å². The predicted molar refractivity (Wildman–Crippen MR) is 58.1 cm³/mol. The van der Waals surface area contributed by atoms with Crippen molar-refractivity contribution < 1.29 is 9.45 Å². The molecule has 0 atom stereocenters. The Hall–Kier alpha value is -0.565. The highest BCUT2D eigenvalue weighted by atomic mass is 16.5. The number of carbonyl (C=O) groups excluding carboxylic acids is 1. The molecule has 0 aliphatic heterocycles. The third-order valence-electron chi connectivity index (χ3n) is 2.90. The van der Waals surface area contributed by atoms with E-state index in [1.54, 1.807) is 7.48 Å². The minimum atomic E-state index is -0.160. The van der Waals surface area contributed by atoms with Gasteiger partial charge >= 0.3 is 7.48 Å². The highest BCUT2D eigenvalue weighted by molar-refractivity contribution is 6.39. The zero-order chi connectivity index (χ0) is 10.8. The molecule has 1 aliphatic carbocycles. The Bertz CT molecular complexity index is 254. The Morgan fingerprint density at radius 3 is 2.57 bits per heavy atom. The lowest BCUT2D eigenvalue weighted by molar-refractivity contribution is -0.117. The van der Waals surface area contributed by atoms with Crippen LogP contribution in [0.1, 0.15) is 40.5 Å². The van der Waals surface area contributed by atoms with E-state index < -0.39 is 0 Å². The van der Waals surface area contributed by atoms with Gasteiger partial charge in [-0.3, -0.25) is 4.79 Å². The monoisotopic (exact) mass is 193 g/mol. The van der Waals surface area contributed by atoms with Crippen LogP contribution in [0.2, 0.25) is 0 Å². The van der Waals surface area contributed by atoms with E-state index in [2.05, 4.69) is 27.7 Å². The summed E-state index contributed by atoms with van der Waals surface area (Å²) in [6.45, 7) is 8.38. The molecule has 0 N–H and O–H groups in total. The van der Waals surface area contributed by atoms with Crippen LogP contribution in [0, 0.1) is 5.92 Å². The summed E-state index contributed by atoms with van der Waals surface area (Å²) in [5.41, 5.74) is 0.857. The summed E-state index contributed by atoms with van der Waals surface area (Å²) in [6.07, 6.45) is 3.05. The lowest BCUT2D eigenvalue weighted by atomic mass is 9.83. The van der Waals surface area contributed by atoms with Crippen molar-refractivity contribution in [3.05, 3.63) is 11.5 Å². The standard InChI is InChI=1S/C11H18BO2/c1-8(2)11(3,4)14-12-9-5-6-10(13)7-9/h5,8H,6-7H2,1-4H3. The summed E-state index contributed by atoms with van der Waals surface area (Å²) in [5.74, 6) is 0.735. The Balaban J connectivity index is 2.37. The molecule has 0 fully saturated rings. The van der Waals surface area contributed by atoms with Crippen molar-refractivity contribution in [3.8, 4) is 0 Å². The maximum atomic E-state index is 11.0. The highest BCUT2D eigenvalue weighted by Crippen LogP contribution is 2.22. The molecule has 0 spiro atoms. The van der Waals surface area contributed by atoms with Gasteiger partial charge in [-0.05, 0) is 19.8 Å². The molecule has 0 aromatic rings. The number of hydrogen-bond donors (Lipinski definition) is 0. The van der Waals surface area contributed by atoms with Gasteiger partial charge in [-0.2, -0.15) is 0 Å². The second-order valence-corrected chi connectivity index (χ2v) is 4.69. The molecule has 3 heteroatoms. The van der Waals surface area contributed by atoms with E-state index in [1.165, 1.54) is 0 Å². The van der Waals surface area contributed by atoms with Crippen LogP contribution in [-0.4, -0.2) is 18.9 Å². The Morgan fingerprint density at radius 2 is 2.14 bits per heavy atom. The second-order valence-electron chi connectivity index (χ2n) is 4.69. The molecule has 0 aromatic heterocycles. The average molecular weight is 193 g/mol. The average Bonchev–Trinajstić information content (AvgIpc) is 2.48. The summed E-state index contributed by atoms with van der Waals surface area (Å²) in [5, 5.41) is 0. The van der Waals surface area contributed by atoms with Gasteiger partial charge in [-0.15, -0.1) is 0 Å². The van der Waals surface area contributed by atoms with E-state index >= 15 is 0 Å². The largest absolute Gasteiger partial charge is 0.430 e. The number of carbonyl (C=O) groups is 1. The SMILES string of the molecule is CC(C)C(C)(C)O[B]C1=CCC(=O)C1. The molecule has 0 unspecified atom stereocenters. The van der Waals surface area contributed by atoms with E-state index in [1.807, 2.05) is 6.08 Å². The first-order valence-corrected chi connectivity index (χ1v) is 5.13. The molecule has 1 rings (SSSR count). The lowest BCUT2D eigenvalue weighted by Gasteiger charge is -2.30. The Labute approximate surface area is 87.0 Å². The van der Waals surface area contributed by atoms with Crippen LogP contribution in [0.5, 0.6) is 0 Å². The number of ketones is 1. The van der Waals surface area contributed by atoms with Gasteiger partial charge in [0.2, 0.25) is 0 Å². The zero-order valence-electron chi connectivity index (χ0n) is 9.46. The van der Waals surface area contributed by atoms with Crippen LogP contribution < -0.4 is 0 Å². The van der Waals surface area contributed by atoms with Crippen LogP contribution in [0.15, 0.2) is 11.5 Å². The first-order valence-electron chi connectivity index (χ1n) is 5.13. The minimum absolute atomic E-state index is 0.160. The number of allylic oxidation sites excluding steroid dienone is 2. The molecule has 77 valence electrons. The van der Waals surface area contributed by atoms with Crippen molar-refractivity contribution in [3.63, 3.8) is 0 Å². The number of hydrogen-bond acceptors (Lipinski definition) is 2. The Morgan fingerprint density at radius 1 is 1.50 bits per heavy atom. The van der Waals surface area contributed by atoms with Crippen LogP contribution in [-0.2, 0) is 9.45 Å². The van der Waals surface area contributed by atoms with E-state index in [9.17, 15) is 4.79 Å². The van der Waals surface area contributed by atoms with Gasteiger partial charge in [0.05, 0.1) is 0 Å². The van der Waals surface area contributed by atoms with Crippen molar-refractivity contribution in [2.75, 3.05) is 0 Å². The molecule has 14 heavy (non-hydrogen) atoms. The summed E-state index contributed by atoms with van der Waals surface area (Å²) in [7, 11) is 1.74. The molecule has 1 aliphatic rings. The topological polar surface area (TPSA) is 26.3 Å². The van der Waals surface area contributed by atoms with Gasteiger partial charge in [-0.25, -0.2) is 0 Å². The summed E-state index contributed by atoms with van der Waals surface area (Å²) in [6, 6.07) is 0. The minimum Gasteiger partial charge on any atom is -0.430 e. The quantitative estimate of drug-likeness (QED) is 0.640. The zero-order valence-corrected chi connectivity index (χ0v) is 9.46. The van der Waals surface area contributed by atoms with Crippen LogP contribution >= 0.6 is 0 Å². The van der Waals surface area contributed by atoms with Crippen molar-refractivity contribution in [2.24, 2.45) is 5.92 Å². The van der Waals surface area contributed by atoms with E-state index in [0.29, 0.717) is 18.8 Å². The van der Waals surface area contributed by atoms with Gasteiger partial charge in [-0.1, -0.05) is 25.4 Å². The molecule has 0 saturated heterocycles. The van der Waals surface area contributed by atoms with Crippen molar-refractivity contribution in [2.45, 2.75) is 46.1 Å². The molecule has 1 radical (unpaired) electrons. The van der Waals surface area contributed by atoms with Crippen molar-refractivity contribution in [1.29, 1.82) is 0 Å². The molecule has 0 bridgehead atoms. The third-order valence-corrected chi connectivity index (χ3v) is 2.90. The summed E-state index contributed by atoms with van der Waals surface area (Å²) >= 11 is 0. The molecule has 0 aromatic carbocycles. The fourth-order valence-corrected chi connectivity index (χ4v) is 1.07. The van der Waals surface area contributed by atoms with Gasteiger partial charge in [0.25, 0.3) is 0 Å². The molecule has 0 saturated carbocycles. The van der Waals surface area contributed by atoms with Gasteiger partial charge in [0.1, 0.15) is 5.78 Å². The van der Waals surface area contributed by atoms with Crippen LogP contribution in [0.4, 0.5) is 0 Å². The maximum Gasteiger partial charge on any atom is 0.326 e. The smallest absolute Gasteiger partial charge is 0.326 e. The van der Waals surface area contributed by atoms with Crippen molar-refractivity contribution >= 4 is 13.3 Å². The highest BCUT2D eigenvalue weighted by Gasteiger charge is 2.24. The van der Waals surface area contributed by atoms with Crippen LogP contribution in [0.25, 0.3) is 0 Å². The first-order chi connectivity index (χ1) is 6.42. The normalized spacial score (nSPS) is 17.5. The summed E-state index contributed by atoms with van der Waals surface area (Å²) < 4.78 is 5.68. The fourth-order valence-electron chi connectivity index (χ4n) is 1.07. The fraction of sp³-hybridized carbons (Fsp3) is 0.727. The second kappa shape index (κ2) is 4.30. The maximum absolute atomic E-state index is 11.0. The van der Waals surface area contributed by atoms with E-state index in [-0.39, 0.29) is 11.4 Å². The molecule has 0 amide bonds. The number of Topliss-reactive ketones (excluding diaryl/α,β-unsaturated/α-hetero) is 1. The van der Waals surface area contributed by atoms with Crippen molar-refractivity contribution in [1.82, 2.24) is 0 Å². The van der Waals surface area contributed by atoms with Crippen LogP contribution in [0.3, 0.4) is 0 Å². The number of rotatable bonds is 4. The van der Waals surface area contributed by atoms with E-state index in [0.717, 1.165) is 5.47 Å². The first kappa shape index (κ1) is 11.5. The predicted octanol–water partition coefficient (Wildman–Crippen LogP) is 2.30. The van der Waals surface area contributed by atoms with Gasteiger partial charge in [0.15, 0.2) is 0 Å². The van der Waals surface area contributed by atoms with Gasteiger partial charge < -0.3 is 4.65 Å². The third kappa shape index (κ3) is 2.98. The molecule has 2 nitrogen and oxygen atoms in total. The lowest BCUT2D eigenvalue weighted by Crippen LogP contribution is -2.33. The van der Waals surface area contributed by atoms with E-state index in [4.69, 9.17) is 4.65 Å². The Kier molecular flexibility index (Phi) is 3.54. The molecular weight excluding hydrogens is 175 g/mol. The molecule has 0 heterocycles.